The fraction of sp³-hybridized carbons (Fsp3) is 0.526. The predicted octanol–water partition coefficient (Wildman–Crippen LogP) is 2.73. The molecule has 2 N–H and O–H groups in total. The zero-order chi connectivity index (χ0) is 21.2. The molecule has 1 aliphatic heterocycles. The molecule has 2 atom stereocenters. The second-order valence-corrected chi connectivity index (χ2v) is 10.4. The van der Waals surface area contributed by atoms with Crippen LogP contribution in [0.25, 0.3) is 0 Å². The molecule has 1 amide bonds. The van der Waals surface area contributed by atoms with Crippen LogP contribution in [-0.2, 0) is 14.6 Å². The average molecular weight is 462 g/mol. The minimum absolute atomic E-state index is 0.0363. The summed E-state index contributed by atoms with van der Waals surface area (Å²) in [6.07, 6.45) is 2.14. The van der Waals surface area contributed by atoms with Gasteiger partial charge in [0.1, 0.15) is 5.75 Å². The molecule has 2 unspecified atom stereocenters. The Morgan fingerprint density at radius 3 is 2.52 bits per heavy atom. The molecule has 2 aliphatic rings. The number of halogens is 2. The van der Waals surface area contributed by atoms with Crippen molar-refractivity contribution in [3.8, 4) is 5.75 Å². The van der Waals surface area contributed by atoms with Crippen molar-refractivity contribution in [3.05, 3.63) is 34.2 Å². The van der Waals surface area contributed by atoms with Crippen molar-refractivity contribution in [2.45, 2.75) is 30.6 Å². The van der Waals surface area contributed by atoms with Crippen molar-refractivity contribution in [2.75, 3.05) is 38.0 Å². The van der Waals surface area contributed by atoms with E-state index in [-0.39, 0.29) is 34.5 Å². The van der Waals surface area contributed by atoms with E-state index in [9.17, 15) is 18.3 Å². The minimum Gasteiger partial charge on any atom is -0.506 e. The maximum absolute atomic E-state index is 12.5. The second-order valence-electron chi connectivity index (χ2n) is 7.40. The van der Waals surface area contributed by atoms with E-state index < -0.39 is 9.84 Å². The molecule has 0 bridgehead atoms. The summed E-state index contributed by atoms with van der Waals surface area (Å²) >= 11 is 11.8. The van der Waals surface area contributed by atoms with Crippen molar-refractivity contribution < 1.29 is 18.3 Å². The number of aromatic hydroxyl groups is 1. The van der Waals surface area contributed by atoms with Gasteiger partial charge in [-0.05, 0) is 25.3 Å². The summed E-state index contributed by atoms with van der Waals surface area (Å²) in [4.78, 5) is 16.5. The number of piperazine rings is 1. The molecular formula is C19H25Cl2N3O4S. The smallest absolute Gasteiger partial charge is 0.241 e. The van der Waals surface area contributed by atoms with Crippen LogP contribution in [0.1, 0.15) is 19.3 Å². The third-order valence-electron chi connectivity index (χ3n) is 5.71. The Morgan fingerprint density at radius 2 is 1.86 bits per heavy atom. The van der Waals surface area contributed by atoms with Crippen molar-refractivity contribution in [3.63, 3.8) is 0 Å². The summed E-state index contributed by atoms with van der Waals surface area (Å²) in [6, 6.07) is 3.05. The normalized spacial score (nSPS) is 23.2. The van der Waals surface area contributed by atoms with Crippen LogP contribution in [-0.4, -0.2) is 73.2 Å². The largest absolute Gasteiger partial charge is 0.506 e. The van der Waals surface area contributed by atoms with E-state index in [4.69, 9.17) is 23.2 Å². The molecular weight excluding hydrogens is 437 g/mol. The topological polar surface area (TPSA) is 90.0 Å². The number of hydrogen-bond acceptors (Lipinski definition) is 6. The molecule has 29 heavy (non-hydrogen) atoms. The number of nitrogens with one attached hydrogen (secondary N) is 1. The van der Waals surface area contributed by atoms with Crippen LogP contribution in [0.2, 0.25) is 10.0 Å². The van der Waals surface area contributed by atoms with Gasteiger partial charge in [-0.3, -0.25) is 9.69 Å². The van der Waals surface area contributed by atoms with Gasteiger partial charge in [0.2, 0.25) is 5.91 Å². The number of anilines is 1. The summed E-state index contributed by atoms with van der Waals surface area (Å²) in [5.74, 6) is -0.143. The SMILES string of the molecule is C=CS(=O)(=O)C1CCC(N2CCN(C(=O)CNc3cc(Cl)c(Cl)cc3O)CC2)C1. The van der Waals surface area contributed by atoms with Crippen LogP contribution in [0.5, 0.6) is 5.75 Å². The molecule has 1 saturated carbocycles. The molecule has 1 aromatic carbocycles. The lowest BCUT2D eigenvalue weighted by Gasteiger charge is -2.38. The highest BCUT2D eigenvalue weighted by Crippen LogP contribution is 2.33. The van der Waals surface area contributed by atoms with Gasteiger partial charge >= 0.3 is 0 Å². The van der Waals surface area contributed by atoms with Crippen LogP contribution in [0.3, 0.4) is 0 Å². The molecule has 10 heteroatoms. The van der Waals surface area contributed by atoms with Gasteiger partial charge in [0, 0.05) is 43.7 Å². The van der Waals surface area contributed by atoms with Gasteiger partial charge in [0.15, 0.2) is 9.84 Å². The number of rotatable bonds is 6. The number of carbonyl (C=O) groups excluding carboxylic acids is 1. The summed E-state index contributed by atoms with van der Waals surface area (Å²) in [5.41, 5.74) is 0.354. The van der Waals surface area contributed by atoms with E-state index in [2.05, 4.69) is 16.8 Å². The number of sulfone groups is 1. The Bertz CT molecular complexity index is 886. The van der Waals surface area contributed by atoms with Crippen LogP contribution >= 0.6 is 23.2 Å². The molecule has 3 rings (SSSR count). The summed E-state index contributed by atoms with van der Waals surface area (Å²) in [7, 11) is -3.21. The summed E-state index contributed by atoms with van der Waals surface area (Å²) in [6.45, 7) is 6.06. The van der Waals surface area contributed by atoms with Crippen molar-refractivity contribution in [1.29, 1.82) is 0 Å². The first kappa shape index (κ1) is 22.2. The van der Waals surface area contributed by atoms with Gasteiger partial charge in [0.05, 0.1) is 27.5 Å². The highest BCUT2D eigenvalue weighted by Gasteiger charge is 2.36. The van der Waals surface area contributed by atoms with Crippen LogP contribution in [0.4, 0.5) is 5.69 Å². The Morgan fingerprint density at radius 1 is 1.21 bits per heavy atom. The molecule has 1 heterocycles. The fourth-order valence-corrected chi connectivity index (χ4v) is 5.53. The zero-order valence-corrected chi connectivity index (χ0v) is 18.3. The van der Waals surface area contributed by atoms with Gasteiger partial charge in [-0.15, -0.1) is 0 Å². The lowest BCUT2D eigenvalue weighted by Crippen LogP contribution is -2.52. The molecule has 2 fully saturated rings. The average Bonchev–Trinajstić information content (AvgIpc) is 3.21. The monoisotopic (exact) mass is 461 g/mol. The van der Waals surface area contributed by atoms with Crippen LogP contribution in [0, 0.1) is 0 Å². The number of benzene rings is 1. The van der Waals surface area contributed by atoms with Crippen molar-refractivity contribution in [1.82, 2.24) is 9.80 Å². The van der Waals surface area contributed by atoms with Gasteiger partial charge in [-0.25, -0.2) is 8.42 Å². The number of nitrogens with zero attached hydrogens (tertiary/aromatic N) is 2. The number of hydrogen-bond donors (Lipinski definition) is 2. The van der Waals surface area contributed by atoms with Gasteiger partial charge in [-0.2, -0.15) is 0 Å². The first-order chi connectivity index (χ1) is 13.7. The van der Waals surface area contributed by atoms with Crippen molar-refractivity contribution in [2.24, 2.45) is 0 Å². The van der Waals surface area contributed by atoms with Gasteiger partial charge in [0.25, 0.3) is 0 Å². The first-order valence-electron chi connectivity index (χ1n) is 9.51. The Labute approximate surface area is 181 Å². The molecule has 7 nitrogen and oxygen atoms in total. The van der Waals surface area contributed by atoms with E-state index in [1.165, 1.54) is 12.1 Å². The van der Waals surface area contributed by atoms with E-state index in [1.54, 1.807) is 4.90 Å². The summed E-state index contributed by atoms with van der Waals surface area (Å²) < 4.78 is 24.0. The van der Waals surface area contributed by atoms with Crippen LogP contribution < -0.4 is 5.32 Å². The number of carbonyl (C=O) groups is 1. The van der Waals surface area contributed by atoms with Gasteiger partial charge < -0.3 is 15.3 Å². The third-order valence-corrected chi connectivity index (χ3v) is 8.25. The Hall–Kier alpha value is -1.48. The molecule has 1 saturated heterocycles. The number of phenols is 1. The summed E-state index contributed by atoms with van der Waals surface area (Å²) in [5, 5.41) is 14.1. The molecule has 0 aromatic heterocycles. The number of amides is 1. The standard InChI is InChI=1S/C19H25Cl2N3O4S/c1-2-29(27,28)14-4-3-13(9-14)23-5-7-24(8-6-23)19(26)12-22-17-10-15(20)16(21)11-18(17)25/h2,10-11,13-14,22,25H,1,3-9,12H2. The second kappa shape index (κ2) is 9.12. The molecule has 1 aliphatic carbocycles. The highest BCUT2D eigenvalue weighted by molar-refractivity contribution is 7.94. The Balaban J connectivity index is 1.48. The maximum atomic E-state index is 12.5. The zero-order valence-electron chi connectivity index (χ0n) is 16.0. The molecule has 160 valence electrons. The fourth-order valence-electron chi connectivity index (χ4n) is 3.98. The lowest BCUT2D eigenvalue weighted by molar-refractivity contribution is -0.131. The van der Waals surface area contributed by atoms with E-state index >= 15 is 0 Å². The maximum Gasteiger partial charge on any atom is 0.241 e. The minimum atomic E-state index is -3.21. The Kier molecular flexibility index (Phi) is 6.98. The number of phenolic OH excluding ortho intramolecular Hbond substituents is 1. The van der Waals surface area contributed by atoms with E-state index in [1.807, 2.05) is 0 Å². The van der Waals surface area contributed by atoms with E-state index in [0.29, 0.717) is 36.6 Å². The molecule has 0 spiro atoms. The lowest BCUT2D eigenvalue weighted by atomic mass is 10.2. The highest BCUT2D eigenvalue weighted by atomic mass is 35.5. The predicted molar refractivity (Wildman–Crippen MR) is 115 cm³/mol. The van der Waals surface area contributed by atoms with Crippen LogP contribution in [0.15, 0.2) is 24.1 Å². The van der Waals surface area contributed by atoms with Gasteiger partial charge in [-0.1, -0.05) is 29.8 Å². The van der Waals surface area contributed by atoms with Crippen molar-refractivity contribution >= 4 is 44.6 Å². The third kappa shape index (κ3) is 5.17. The van der Waals surface area contributed by atoms with E-state index in [0.717, 1.165) is 24.9 Å². The molecule has 1 aromatic rings. The first-order valence-corrected chi connectivity index (χ1v) is 11.9. The quantitative estimate of drug-likeness (QED) is 0.632. The molecule has 0 radical (unpaired) electrons.